The molecule has 0 saturated carbocycles. The molecule has 1 N–H and O–H groups in total. The molecule has 0 atom stereocenters. The summed E-state index contributed by atoms with van der Waals surface area (Å²) in [6.07, 6.45) is 1.13. The van der Waals surface area contributed by atoms with E-state index in [9.17, 15) is 0 Å². The first kappa shape index (κ1) is 9.10. The molecule has 1 fully saturated rings. The molecule has 1 aromatic rings. The van der Waals surface area contributed by atoms with Crippen molar-refractivity contribution in [2.24, 2.45) is 0 Å². The highest BCUT2D eigenvalue weighted by Crippen LogP contribution is 2.25. The zero-order valence-electron chi connectivity index (χ0n) is 7.92. The maximum atomic E-state index is 3.28. The molecule has 0 unspecified atom stereocenters. The normalized spacial score (nSPS) is 17.0. The van der Waals surface area contributed by atoms with E-state index in [-0.39, 0.29) is 0 Å². The first-order valence-electron chi connectivity index (χ1n) is 4.85. The zero-order valence-corrected chi connectivity index (χ0v) is 8.73. The van der Waals surface area contributed by atoms with Crippen LogP contribution in [0.2, 0.25) is 0 Å². The van der Waals surface area contributed by atoms with Gasteiger partial charge in [0.15, 0.2) is 0 Å². The van der Waals surface area contributed by atoms with E-state index in [1.54, 1.807) is 0 Å². The smallest absolute Gasteiger partial charge is 0.0344 e. The van der Waals surface area contributed by atoms with Crippen molar-refractivity contribution in [2.75, 3.05) is 13.1 Å². The third-order valence-electron chi connectivity index (χ3n) is 2.38. The van der Waals surface area contributed by atoms with E-state index in [2.05, 4.69) is 36.5 Å². The van der Waals surface area contributed by atoms with Gasteiger partial charge in [-0.1, -0.05) is 19.1 Å². The van der Waals surface area contributed by atoms with Gasteiger partial charge in [-0.25, -0.2) is 0 Å². The molecule has 70 valence electrons. The summed E-state index contributed by atoms with van der Waals surface area (Å²) in [7, 11) is 0. The van der Waals surface area contributed by atoms with E-state index >= 15 is 0 Å². The highest BCUT2D eigenvalue weighted by molar-refractivity contribution is 8.00. The van der Waals surface area contributed by atoms with E-state index in [1.807, 2.05) is 11.8 Å². The van der Waals surface area contributed by atoms with Crippen molar-refractivity contribution in [1.82, 2.24) is 5.32 Å². The number of aryl methyl sites for hydroxylation is 1. The summed E-state index contributed by atoms with van der Waals surface area (Å²) >= 11 is 1.99. The largest absolute Gasteiger partial charge is 0.314 e. The third kappa shape index (κ3) is 2.26. The summed E-state index contributed by atoms with van der Waals surface area (Å²) in [6, 6.07) is 8.94. The van der Waals surface area contributed by atoms with E-state index in [0.29, 0.717) is 0 Å². The van der Waals surface area contributed by atoms with Crippen molar-refractivity contribution >= 4 is 11.8 Å². The molecule has 1 saturated heterocycles. The Morgan fingerprint density at radius 2 is 2.00 bits per heavy atom. The van der Waals surface area contributed by atoms with Gasteiger partial charge in [-0.05, 0) is 24.1 Å². The summed E-state index contributed by atoms with van der Waals surface area (Å²) < 4.78 is 0. The van der Waals surface area contributed by atoms with Gasteiger partial charge in [-0.2, -0.15) is 0 Å². The Balaban J connectivity index is 1.96. The first-order valence-corrected chi connectivity index (χ1v) is 5.73. The summed E-state index contributed by atoms with van der Waals surface area (Å²) in [5.74, 6) is 0. The molecule has 0 amide bonds. The second-order valence-corrected chi connectivity index (χ2v) is 4.77. The highest BCUT2D eigenvalue weighted by Gasteiger charge is 2.17. The van der Waals surface area contributed by atoms with Crippen molar-refractivity contribution < 1.29 is 0 Å². The Labute approximate surface area is 83.9 Å². The van der Waals surface area contributed by atoms with Gasteiger partial charge >= 0.3 is 0 Å². The first-order chi connectivity index (χ1) is 6.38. The lowest BCUT2D eigenvalue weighted by Crippen LogP contribution is -2.44. The average Bonchev–Trinajstić information content (AvgIpc) is 2.12. The van der Waals surface area contributed by atoms with Crippen molar-refractivity contribution in [2.45, 2.75) is 23.5 Å². The van der Waals surface area contributed by atoms with Crippen LogP contribution >= 0.6 is 11.8 Å². The average molecular weight is 193 g/mol. The number of benzene rings is 1. The summed E-state index contributed by atoms with van der Waals surface area (Å²) in [5, 5.41) is 4.08. The molecule has 1 aliphatic rings. The summed E-state index contributed by atoms with van der Waals surface area (Å²) in [5.41, 5.74) is 1.43. The molecule has 13 heavy (non-hydrogen) atoms. The minimum Gasteiger partial charge on any atom is -0.314 e. The second-order valence-electron chi connectivity index (χ2n) is 3.40. The topological polar surface area (TPSA) is 12.0 Å². The van der Waals surface area contributed by atoms with Crippen LogP contribution in [0.5, 0.6) is 0 Å². The quantitative estimate of drug-likeness (QED) is 0.790. The van der Waals surface area contributed by atoms with Crippen LogP contribution in [0.25, 0.3) is 0 Å². The van der Waals surface area contributed by atoms with Crippen molar-refractivity contribution in [3.63, 3.8) is 0 Å². The molecule has 1 heterocycles. The van der Waals surface area contributed by atoms with Crippen molar-refractivity contribution in [3.8, 4) is 0 Å². The van der Waals surface area contributed by atoms with Gasteiger partial charge in [0.25, 0.3) is 0 Å². The predicted octanol–water partition coefficient (Wildman–Crippen LogP) is 2.31. The molecule has 1 aromatic carbocycles. The Kier molecular flexibility index (Phi) is 2.91. The van der Waals surface area contributed by atoms with Gasteiger partial charge in [0.05, 0.1) is 0 Å². The highest BCUT2D eigenvalue weighted by atomic mass is 32.2. The molecule has 2 heteroatoms. The molecule has 0 aliphatic carbocycles. The molecule has 2 rings (SSSR count). The van der Waals surface area contributed by atoms with Crippen LogP contribution < -0.4 is 5.32 Å². The van der Waals surface area contributed by atoms with E-state index < -0.39 is 0 Å². The monoisotopic (exact) mass is 193 g/mol. The van der Waals surface area contributed by atoms with E-state index in [4.69, 9.17) is 0 Å². The van der Waals surface area contributed by atoms with Crippen LogP contribution in [0.15, 0.2) is 29.2 Å². The van der Waals surface area contributed by atoms with E-state index in [1.165, 1.54) is 23.5 Å². The summed E-state index contributed by atoms with van der Waals surface area (Å²) in [6.45, 7) is 4.53. The fourth-order valence-corrected chi connectivity index (χ4v) is 2.42. The molecule has 0 aromatic heterocycles. The van der Waals surface area contributed by atoms with Crippen LogP contribution in [0, 0.1) is 0 Å². The molecule has 0 spiro atoms. The second kappa shape index (κ2) is 4.16. The van der Waals surface area contributed by atoms with Gasteiger partial charge in [0.2, 0.25) is 0 Å². The lowest BCUT2D eigenvalue weighted by molar-refractivity contribution is 0.544. The number of nitrogens with one attached hydrogen (secondary N) is 1. The van der Waals surface area contributed by atoms with Crippen LogP contribution in [0.3, 0.4) is 0 Å². The van der Waals surface area contributed by atoms with Crippen LogP contribution in [-0.2, 0) is 6.42 Å². The Bertz CT molecular complexity index is 264. The van der Waals surface area contributed by atoms with Crippen molar-refractivity contribution in [1.29, 1.82) is 0 Å². The maximum Gasteiger partial charge on any atom is 0.0344 e. The zero-order chi connectivity index (χ0) is 9.10. The molecule has 0 bridgehead atoms. The molecule has 1 aliphatic heterocycles. The summed E-state index contributed by atoms with van der Waals surface area (Å²) in [4.78, 5) is 1.41. The van der Waals surface area contributed by atoms with Crippen LogP contribution in [0.4, 0.5) is 0 Å². The fraction of sp³-hybridized carbons (Fsp3) is 0.455. The van der Waals surface area contributed by atoms with E-state index in [0.717, 1.165) is 11.7 Å². The van der Waals surface area contributed by atoms with Crippen LogP contribution in [0.1, 0.15) is 12.5 Å². The Hall–Kier alpha value is -0.470. The number of hydrogen-bond donors (Lipinski definition) is 1. The van der Waals surface area contributed by atoms with Gasteiger partial charge in [-0.15, -0.1) is 11.8 Å². The number of hydrogen-bond acceptors (Lipinski definition) is 2. The SMILES string of the molecule is CCc1ccc(SC2CNC2)cc1. The standard InChI is InChI=1S/C11H15NS/c1-2-9-3-5-10(6-4-9)13-11-7-12-8-11/h3-6,11-12H,2,7-8H2,1H3. The van der Waals surface area contributed by atoms with Gasteiger partial charge in [0.1, 0.15) is 0 Å². The Morgan fingerprint density at radius 3 is 2.46 bits per heavy atom. The molecule has 1 nitrogen and oxygen atoms in total. The minimum absolute atomic E-state index is 0.799. The lowest BCUT2D eigenvalue weighted by Gasteiger charge is -2.26. The number of rotatable bonds is 3. The van der Waals surface area contributed by atoms with Gasteiger partial charge in [0, 0.05) is 23.2 Å². The van der Waals surface area contributed by atoms with Gasteiger partial charge in [-0.3, -0.25) is 0 Å². The van der Waals surface area contributed by atoms with Crippen LogP contribution in [-0.4, -0.2) is 18.3 Å². The van der Waals surface area contributed by atoms with Crippen molar-refractivity contribution in [3.05, 3.63) is 29.8 Å². The lowest BCUT2D eigenvalue weighted by atomic mass is 10.2. The number of thioether (sulfide) groups is 1. The minimum atomic E-state index is 0.799. The third-order valence-corrected chi connectivity index (χ3v) is 3.59. The Morgan fingerprint density at radius 1 is 1.31 bits per heavy atom. The molecule has 0 radical (unpaired) electrons. The molecular formula is C11H15NS. The maximum absolute atomic E-state index is 3.28. The fourth-order valence-electron chi connectivity index (χ4n) is 1.34. The predicted molar refractivity (Wildman–Crippen MR) is 58.3 cm³/mol. The van der Waals surface area contributed by atoms with Gasteiger partial charge < -0.3 is 5.32 Å². The molecular weight excluding hydrogens is 178 g/mol.